The second-order valence-corrected chi connectivity index (χ2v) is 5.04. The highest BCUT2D eigenvalue weighted by Gasteiger charge is 2.35. The van der Waals surface area contributed by atoms with Crippen LogP contribution < -0.4 is 5.32 Å². The molecule has 90 valence electrons. The summed E-state index contributed by atoms with van der Waals surface area (Å²) >= 11 is 0. The van der Waals surface area contributed by atoms with Gasteiger partial charge in [-0.2, -0.15) is 5.10 Å². The first-order valence-electron chi connectivity index (χ1n) is 6.36. The normalized spacial score (nSPS) is 23.8. The third kappa shape index (κ3) is 2.29. The lowest BCUT2D eigenvalue weighted by molar-refractivity contribution is 0.597. The van der Waals surface area contributed by atoms with Crippen molar-refractivity contribution in [2.45, 2.75) is 52.6 Å². The molecule has 1 aliphatic carbocycles. The summed E-state index contributed by atoms with van der Waals surface area (Å²) in [5.41, 5.74) is 3.84. The van der Waals surface area contributed by atoms with Crippen molar-refractivity contribution in [2.75, 3.05) is 0 Å². The second kappa shape index (κ2) is 4.58. The van der Waals surface area contributed by atoms with E-state index in [9.17, 15) is 0 Å². The third-order valence-corrected chi connectivity index (χ3v) is 3.78. The van der Waals surface area contributed by atoms with E-state index in [-0.39, 0.29) is 0 Å². The summed E-state index contributed by atoms with van der Waals surface area (Å²) in [6, 6.07) is 0.763. The Morgan fingerprint density at radius 3 is 2.75 bits per heavy atom. The third-order valence-electron chi connectivity index (χ3n) is 3.78. The Labute approximate surface area is 98.2 Å². The Balaban J connectivity index is 1.86. The summed E-state index contributed by atoms with van der Waals surface area (Å²) in [6.45, 7) is 7.50. The molecule has 0 aliphatic heterocycles. The van der Waals surface area contributed by atoms with Crippen LogP contribution in [0.4, 0.5) is 0 Å². The molecule has 16 heavy (non-hydrogen) atoms. The molecule has 2 unspecified atom stereocenters. The number of aromatic nitrogens is 2. The maximum Gasteiger partial charge on any atom is 0.0641 e. The molecule has 1 fully saturated rings. The average Bonchev–Trinajstić information content (AvgIpc) is 2.91. The highest BCUT2D eigenvalue weighted by Crippen LogP contribution is 2.34. The molecule has 0 aromatic carbocycles. The van der Waals surface area contributed by atoms with Crippen molar-refractivity contribution in [3.63, 3.8) is 0 Å². The Morgan fingerprint density at radius 2 is 2.19 bits per heavy atom. The molecular weight excluding hydrogens is 198 g/mol. The molecular formula is C13H23N3. The molecule has 0 spiro atoms. The van der Waals surface area contributed by atoms with E-state index in [2.05, 4.69) is 31.2 Å². The van der Waals surface area contributed by atoms with Gasteiger partial charge in [-0.15, -0.1) is 0 Å². The molecule has 1 saturated carbocycles. The van der Waals surface area contributed by atoms with Crippen LogP contribution in [0.5, 0.6) is 0 Å². The summed E-state index contributed by atoms with van der Waals surface area (Å²) in [5, 5.41) is 8.09. The van der Waals surface area contributed by atoms with Gasteiger partial charge in [0.25, 0.3) is 0 Å². The van der Waals surface area contributed by atoms with E-state index in [0.717, 1.165) is 18.5 Å². The number of hydrogen-bond acceptors (Lipinski definition) is 2. The van der Waals surface area contributed by atoms with Crippen LogP contribution in [0.2, 0.25) is 0 Å². The van der Waals surface area contributed by atoms with Crippen LogP contribution in [0.1, 0.15) is 43.1 Å². The van der Waals surface area contributed by atoms with Crippen molar-refractivity contribution in [3.05, 3.63) is 17.0 Å². The SMILES string of the molecule is CCCC1CC1NCc1c(C)nn(C)c1C. The van der Waals surface area contributed by atoms with E-state index in [1.54, 1.807) is 0 Å². The van der Waals surface area contributed by atoms with Crippen LogP contribution in [0.15, 0.2) is 0 Å². The summed E-state index contributed by atoms with van der Waals surface area (Å²) < 4.78 is 1.97. The topological polar surface area (TPSA) is 29.9 Å². The Bertz CT molecular complexity index is 367. The van der Waals surface area contributed by atoms with Crippen molar-refractivity contribution in [2.24, 2.45) is 13.0 Å². The summed E-state index contributed by atoms with van der Waals surface area (Å²) in [4.78, 5) is 0. The van der Waals surface area contributed by atoms with Crippen LogP contribution in [-0.4, -0.2) is 15.8 Å². The molecule has 3 nitrogen and oxygen atoms in total. The minimum absolute atomic E-state index is 0.763. The molecule has 1 heterocycles. The Morgan fingerprint density at radius 1 is 1.44 bits per heavy atom. The van der Waals surface area contributed by atoms with Gasteiger partial charge < -0.3 is 5.32 Å². The molecule has 0 bridgehead atoms. The first kappa shape index (κ1) is 11.6. The highest BCUT2D eigenvalue weighted by atomic mass is 15.3. The van der Waals surface area contributed by atoms with E-state index in [4.69, 9.17) is 0 Å². The lowest BCUT2D eigenvalue weighted by Crippen LogP contribution is -2.18. The fraction of sp³-hybridized carbons (Fsp3) is 0.769. The van der Waals surface area contributed by atoms with Crippen molar-refractivity contribution in [1.29, 1.82) is 0 Å². The van der Waals surface area contributed by atoms with Gasteiger partial charge in [0.05, 0.1) is 5.69 Å². The highest BCUT2D eigenvalue weighted by molar-refractivity contribution is 5.24. The summed E-state index contributed by atoms with van der Waals surface area (Å²) in [5.74, 6) is 0.933. The zero-order valence-corrected chi connectivity index (χ0v) is 10.9. The standard InChI is InChI=1S/C13H23N3/c1-5-6-11-7-13(11)14-8-12-9(2)15-16(4)10(12)3/h11,13-14H,5-8H2,1-4H3. The zero-order chi connectivity index (χ0) is 11.7. The van der Waals surface area contributed by atoms with Gasteiger partial charge in [0.1, 0.15) is 0 Å². The molecule has 3 heteroatoms. The van der Waals surface area contributed by atoms with Gasteiger partial charge in [-0.3, -0.25) is 4.68 Å². The Kier molecular flexibility index (Phi) is 3.33. The molecule has 0 amide bonds. The first-order valence-corrected chi connectivity index (χ1v) is 6.36. The molecule has 2 rings (SSSR count). The quantitative estimate of drug-likeness (QED) is 0.827. The predicted octanol–water partition coefficient (Wildman–Crippen LogP) is 2.32. The maximum absolute atomic E-state index is 4.44. The van der Waals surface area contributed by atoms with Gasteiger partial charge in [-0.1, -0.05) is 13.3 Å². The predicted molar refractivity (Wildman–Crippen MR) is 66.3 cm³/mol. The fourth-order valence-electron chi connectivity index (χ4n) is 2.49. The number of nitrogens with one attached hydrogen (secondary N) is 1. The molecule has 0 saturated heterocycles. The van der Waals surface area contributed by atoms with Gasteiger partial charge in [-0.05, 0) is 32.6 Å². The van der Waals surface area contributed by atoms with Crippen LogP contribution in [-0.2, 0) is 13.6 Å². The second-order valence-electron chi connectivity index (χ2n) is 5.04. The average molecular weight is 221 g/mol. The number of hydrogen-bond donors (Lipinski definition) is 1. The minimum Gasteiger partial charge on any atom is -0.309 e. The van der Waals surface area contributed by atoms with Gasteiger partial charge in [0, 0.05) is 30.9 Å². The van der Waals surface area contributed by atoms with E-state index in [1.165, 1.54) is 36.2 Å². The largest absolute Gasteiger partial charge is 0.309 e. The van der Waals surface area contributed by atoms with Crippen molar-refractivity contribution in [1.82, 2.24) is 15.1 Å². The van der Waals surface area contributed by atoms with E-state index >= 15 is 0 Å². The van der Waals surface area contributed by atoms with Crippen molar-refractivity contribution >= 4 is 0 Å². The van der Waals surface area contributed by atoms with Crippen LogP contribution in [0, 0.1) is 19.8 Å². The maximum atomic E-state index is 4.44. The van der Waals surface area contributed by atoms with Crippen LogP contribution in [0.25, 0.3) is 0 Å². The van der Waals surface area contributed by atoms with E-state index in [1.807, 2.05) is 11.7 Å². The van der Waals surface area contributed by atoms with Gasteiger partial charge in [0.2, 0.25) is 0 Å². The number of rotatable bonds is 5. The van der Waals surface area contributed by atoms with Gasteiger partial charge in [-0.25, -0.2) is 0 Å². The minimum atomic E-state index is 0.763. The molecule has 0 radical (unpaired) electrons. The summed E-state index contributed by atoms with van der Waals surface area (Å²) in [6.07, 6.45) is 4.06. The first-order chi connectivity index (χ1) is 7.63. The molecule has 1 aromatic heterocycles. The molecule has 1 N–H and O–H groups in total. The lowest BCUT2D eigenvalue weighted by Gasteiger charge is -2.04. The van der Waals surface area contributed by atoms with Crippen molar-refractivity contribution in [3.8, 4) is 0 Å². The molecule has 1 aromatic rings. The fourth-order valence-corrected chi connectivity index (χ4v) is 2.49. The number of aryl methyl sites for hydroxylation is 2. The monoisotopic (exact) mass is 221 g/mol. The van der Waals surface area contributed by atoms with Crippen LogP contribution in [0.3, 0.4) is 0 Å². The van der Waals surface area contributed by atoms with E-state index in [0.29, 0.717) is 0 Å². The number of nitrogens with zero attached hydrogens (tertiary/aromatic N) is 2. The summed E-state index contributed by atoms with van der Waals surface area (Å²) in [7, 11) is 2.02. The molecule has 2 atom stereocenters. The van der Waals surface area contributed by atoms with Gasteiger partial charge in [0.15, 0.2) is 0 Å². The zero-order valence-electron chi connectivity index (χ0n) is 10.9. The smallest absolute Gasteiger partial charge is 0.0641 e. The molecule has 1 aliphatic rings. The van der Waals surface area contributed by atoms with Gasteiger partial charge >= 0.3 is 0 Å². The lowest BCUT2D eigenvalue weighted by atomic mass is 10.2. The van der Waals surface area contributed by atoms with Crippen molar-refractivity contribution < 1.29 is 0 Å². The van der Waals surface area contributed by atoms with Crippen LogP contribution >= 0.6 is 0 Å². The Hall–Kier alpha value is -0.830. The van der Waals surface area contributed by atoms with E-state index < -0.39 is 0 Å².